The molecule has 1 amide bonds. The van der Waals surface area contributed by atoms with Crippen LogP contribution in [0.3, 0.4) is 0 Å². The predicted octanol–water partition coefficient (Wildman–Crippen LogP) is 6.39. The molecule has 0 saturated heterocycles. The van der Waals surface area contributed by atoms with E-state index in [9.17, 15) is 20.2 Å². The van der Waals surface area contributed by atoms with Gasteiger partial charge in [0.1, 0.15) is 23.9 Å². The number of rotatable bonds is 9. The van der Waals surface area contributed by atoms with Gasteiger partial charge in [0.15, 0.2) is 11.5 Å². The van der Waals surface area contributed by atoms with Gasteiger partial charge in [-0.3, -0.25) is 14.9 Å². The van der Waals surface area contributed by atoms with Gasteiger partial charge in [0.25, 0.3) is 11.6 Å². The summed E-state index contributed by atoms with van der Waals surface area (Å²) in [7, 11) is 0. The van der Waals surface area contributed by atoms with Crippen LogP contribution >= 0.6 is 11.6 Å². The van der Waals surface area contributed by atoms with Crippen LogP contribution in [-0.4, -0.2) is 17.4 Å². The van der Waals surface area contributed by atoms with E-state index in [1.165, 1.54) is 18.2 Å². The first kappa shape index (κ1) is 26.3. The zero-order valence-corrected chi connectivity index (χ0v) is 20.8. The highest BCUT2D eigenvalue weighted by Crippen LogP contribution is 2.38. The lowest BCUT2D eigenvalue weighted by atomic mass is 10.1. The van der Waals surface area contributed by atoms with Crippen LogP contribution in [0, 0.1) is 35.3 Å². The molecule has 0 aliphatic carbocycles. The molecule has 8 nitrogen and oxygen atoms in total. The van der Waals surface area contributed by atoms with Gasteiger partial charge in [-0.25, -0.2) is 0 Å². The molecule has 0 spiro atoms. The van der Waals surface area contributed by atoms with Gasteiger partial charge in [0, 0.05) is 6.07 Å². The topological polar surface area (TPSA) is 114 Å². The number of nitro groups is 1. The van der Waals surface area contributed by atoms with Gasteiger partial charge >= 0.3 is 0 Å². The molecule has 36 heavy (non-hydrogen) atoms. The Kier molecular flexibility index (Phi) is 8.66. The van der Waals surface area contributed by atoms with Crippen molar-refractivity contribution in [3.63, 3.8) is 0 Å². The van der Waals surface area contributed by atoms with Gasteiger partial charge in [0.2, 0.25) is 0 Å². The summed E-state index contributed by atoms with van der Waals surface area (Å²) >= 11 is 6.49. The van der Waals surface area contributed by atoms with E-state index in [-0.39, 0.29) is 28.6 Å². The molecule has 0 unspecified atom stereocenters. The van der Waals surface area contributed by atoms with Crippen LogP contribution in [0.5, 0.6) is 11.5 Å². The van der Waals surface area contributed by atoms with E-state index in [1.54, 1.807) is 25.1 Å². The first-order valence-electron chi connectivity index (χ1n) is 11.0. The lowest BCUT2D eigenvalue weighted by Gasteiger charge is -2.15. The van der Waals surface area contributed by atoms with Gasteiger partial charge in [-0.1, -0.05) is 41.9 Å². The van der Waals surface area contributed by atoms with Crippen LogP contribution in [-0.2, 0) is 11.4 Å². The van der Waals surface area contributed by atoms with Crippen molar-refractivity contribution >= 4 is 35.0 Å². The first-order chi connectivity index (χ1) is 17.2. The smallest absolute Gasteiger partial charge is 0.293 e. The second kappa shape index (κ2) is 11.9. The molecule has 3 rings (SSSR count). The summed E-state index contributed by atoms with van der Waals surface area (Å²) in [6.07, 6.45) is 1.33. The Hall–Kier alpha value is -4.35. The molecule has 0 fully saturated rings. The summed E-state index contributed by atoms with van der Waals surface area (Å²) in [4.78, 5) is 23.5. The fraction of sp³-hybridized carbons (Fsp3) is 0.185. The van der Waals surface area contributed by atoms with Crippen molar-refractivity contribution in [2.24, 2.45) is 0 Å². The first-order valence-corrected chi connectivity index (χ1v) is 11.4. The van der Waals surface area contributed by atoms with Crippen molar-refractivity contribution in [3.8, 4) is 17.6 Å². The Labute approximate surface area is 213 Å². The minimum absolute atomic E-state index is 0.00950. The van der Waals surface area contributed by atoms with E-state index < -0.39 is 10.8 Å². The van der Waals surface area contributed by atoms with Crippen molar-refractivity contribution in [2.45, 2.75) is 27.4 Å². The predicted molar refractivity (Wildman–Crippen MR) is 138 cm³/mol. The van der Waals surface area contributed by atoms with Crippen molar-refractivity contribution in [1.29, 1.82) is 5.26 Å². The molecular weight excluding hydrogens is 482 g/mol. The fourth-order valence-corrected chi connectivity index (χ4v) is 3.67. The second-order valence-corrected chi connectivity index (χ2v) is 8.29. The zero-order valence-electron chi connectivity index (χ0n) is 20.0. The lowest BCUT2D eigenvalue weighted by molar-refractivity contribution is -0.384. The Balaban J connectivity index is 1.89. The molecule has 0 atom stereocenters. The maximum atomic E-state index is 12.7. The van der Waals surface area contributed by atoms with Crippen molar-refractivity contribution in [1.82, 2.24) is 0 Å². The van der Waals surface area contributed by atoms with Crippen LogP contribution < -0.4 is 14.8 Å². The SMILES string of the molecule is CCOc1cc(/C=C(\C#N)C(=O)Nc2ccc(C)cc2[N+](=O)[O-])cc(Cl)c1OCc1ccccc1C. The van der Waals surface area contributed by atoms with E-state index >= 15 is 0 Å². The molecule has 0 saturated carbocycles. The van der Waals surface area contributed by atoms with Crippen LogP contribution in [0.1, 0.15) is 29.2 Å². The summed E-state index contributed by atoms with van der Waals surface area (Å²) in [5.41, 5.74) is 2.62. The number of hydrogen-bond donors (Lipinski definition) is 1. The van der Waals surface area contributed by atoms with E-state index in [4.69, 9.17) is 21.1 Å². The van der Waals surface area contributed by atoms with Gasteiger partial charge < -0.3 is 14.8 Å². The van der Waals surface area contributed by atoms with Gasteiger partial charge in [-0.15, -0.1) is 0 Å². The Morgan fingerprint density at radius 1 is 1.17 bits per heavy atom. The third-order valence-corrected chi connectivity index (χ3v) is 5.52. The van der Waals surface area contributed by atoms with Gasteiger partial charge in [-0.2, -0.15) is 5.26 Å². The number of amides is 1. The number of hydrogen-bond acceptors (Lipinski definition) is 6. The molecule has 0 heterocycles. The number of carbonyl (C=O) groups is 1. The molecule has 3 aromatic rings. The van der Waals surface area contributed by atoms with Gasteiger partial charge in [-0.05, 0) is 67.3 Å². The average molecular weight is 506 g/mol. The number of nitriles is 1. The average Bonchev–Trinajstić information content (AvgIpc) is 2.84. The van der Waals surface area contributed by atoms with E-state index in [0.717, 1.165) is 11.1 Å². The third-order valence-electron chi connectivity index (χ3n) is 5.24. The summed E-state index contributed by atoms with van der Waals surface area (Å²) < 4.78 is 11.7. The minimum Gasteiger partial charge on any atom is -0.490 e. The second-order valence-electron chi connectivity index (χ2n) is 7.88. The van der Waals surface area contributed by atoms with E-state index in [1.807, 2.05) is 44.2 Å². The molecule has 3 aromatic carbocycles. The number of anilines is 1. The van der Waals surface area contributed by atoms with E-state index in [0.29, 0.717) is 29.2 Å². The maximum absolute atomic E-state index is 12.7. The molecular formula is C27H24ClN3O5. The number of halogens is 1. The van der Waals surface area contributed by atoms with Crippen LogP contribution in [0.25, 0.3) is 6.08 Å². The number of ether oxygens (including phenoxy) is 2. The Bertz CT molecular complexity index is 1380. The number of nitrogens with zero attached hydrogens (tertiary/aromatic N) is 2. The monoisotopic (exact) mass is 505 g/mol. The molecule has 184 valence electrons. The van der Waals surface area contributed by atoms with Gasteiger partial charge in [0.05, 0.1) is 16.6 Å². The quantitative estimate of drug-likeness (QED) is 0.156. The Morgan fingerprint density at radius 3 is 2.58 bits per heavy atom. The van der Waals surface area contributed by atoms with Crippen molar-refractivity contribution in [2.75, 3.05) is 11.9 Å². The fourth-order valence-electron chi connectivity index (χ4n) is 3.40. The highest BCUT2D eigenvalue weighted by molar-refractivity contribution is 6.32. The van der Waals surface area contributed by atoms with Crippen molar-refractivity contribution < 1.29 is 19.2 Å². The standard InChI is InChI=1S/C27H24ClN3O5/c1-4-35-25-14-19(13-22(28)26(25)36-16-20-8-6-5-7-18(20)3)12-21(15-29)27(32)30-23-10-9-17(2)11-24(23)31(33)34/h5-14H,4,16H2,1-3H3,(H,30,32)/b21-12+. The number of nitro benzene ring substituents is 1. The molecule has 0 bridgehead atoms. The van der Waals surface area contributed by atoms with Crippen LogP contribution in [0.2, 0.25) is 5.02 Å². The maximum Gasteiger partial charge on any atom is 0.293 e. The largest absolute Gasteiger partial charge is 0.490 e. The zero-order chi connectivity index (χ0) is 26.2. The number of aryl methyl sites for hydroxylation is 2. The summed E-state index contributed by atoms with van der Waals surface area (Å²) in [5.74, 6) is -0.0905. The summed E-state index contributed by atoms with van der Waals surface area (Å²) in [6.45, 7) is 6.12. The van der Waals surface area contributed by atoms with Crippen LogP contribution in [0.15, 0.2) is 60.2 Å². The number of carbonyl (C=O) groups excluding carboxylic acids is 1. The molecule has 0 aliphatic heterocycles. The van der Waals surface area contributed by atoms with E-state index in [2.05, 4.69) is 5.32 Å². The number of nitrogens with one attached hydrogen (secondary N) is 1. The normalized spacial score (nSPS) is 10.9. The third kappa shape index (κ3) is 6.40. The molecule has 9 heteroatoms. The minimum atomic E-state index is -0.793. The Morgan fingerprint density at radius 2 is 1.92 bits per heavy atom. The van der Waals surface area contributed by atoms with Crippen LogP contribution in [0.4, 0.5) is 11.4 Å². The molecule has 0 radical (unpaired) electrons. The van der Waals surface area contributed by atoms with Crippen molar-refractivity contribution in [3.05, 3.63) is 97.6 Å². The summed E-state index contributed by atoms with van der Waals surface area (Å²) in [6, 6.07) is 17.2. The number of benzene rings is 3. The molecule has 0 aliphatic rings. The highest BCUT2D eigenvalue weighted by Gasteiger charge is 2.19. The lowest BCUT2D eigenvalue weighted by Crippen LogP contribution is -2.14. The molecule has 0 aromatic heterocycles. The summed E-state index contributed by atoms with van der Waals surface area (Å²) in [5, 5.41) is 23.6. The highest BCUT2D eigenvalue weighted by atomic mass is 35.5. The molecule has 1 N–H and O–H groups in total.